The first-order chi connectivity index (χ1) is 12.1. The predicted molar refractivity (Wildman–Crippen MR) is 97.2 cm³/mol. The smallest absolute Gasteiger partial charge is 0.187 e. The van der Waals surface area contributed by atoms with Gasteiger partial charge in [0.25, 0.3) is 0 Å². The summed E-state index contributed by atoms with van der Waals surface area (Å²) in [6.07, 6.45) is -0.184. The summed E-state index contributed by atoms with van der Waals surface area (Å²) in [6.45, 7) is 11.0. The lowest BCUT2D eigenvalue weighted by Crippen LogP contribution is -2.59. The van der Waals surface area contributed by atoms with Crippen LogP contribution in [-0.4, -0.2) is 51.6 Å². The topological polar surface area (TPSA) is 79.2 Å². The molecule has 1 aliphatic heterocycles. The van der Waals surface area contributed by atoms with Crippen molar-refractivity contribution in [3.63, 3.8) is 0 Å². The maximum atomic E-state index is 10.4. The summed E-state index contributed by atoms with van der Waals surface area (Å²) in [6, 6.07) is 0. The fourth-order valence-corrected chi connectivity index (χ4v) is 7.05. The molecule has 4 fully saturated rings. The third-order valence-electron chi connectivity index (χ3n) is 8.52. The second-order valence-electron chi connectivity index (χ2n) is 10.1. The summed E-state index contributed by atoms with van der Waals surface area (Å²) in [5.41, 5.74) is 0.0646. The lowest BCUT2D eigenvalue weighted by atomic mass is 9.69. The van der Waals surface area contributed by atoms with Crippen molar-refractivity contribution in [3.05, 3.63) is 0 Å². The molecule has 3 aliphatic carbocycles. The van der Waals surface area contributed by atoms with Crippen LogP contribution >= 0.6 is 0 Å². The van der Waals surface area contributed by atoms with E-state index in [0.29, 0.717) is 23.2 Å². The Bertz CT molecular complexity index is 553. The Balaban J connectivity index is 1.55. The third kappa shape index (κ3) is 2.47. The molecule has 5 nitrogen and oxygen atoms in total. The van der Waals surface area contributed by atoms with E-state index < -0.39 is 30.7 Å². The third-order valence-corrected chi connectivity index (χ3v) is 8.52. The van der Waals surface area contributed by atoms with Crippen LogP contribution in [-0.2, 0) is 9.47 Å². The van der Waals surface area contributed by atoms with Crippen molar-refractivity contribution in [2.45, 2.75) is 96.6 Å². The van der Waals surface area contributed by atoms with E-state index >= 15 is 0 Å². The van der Waals surface area contributed by atoms with Gasteiger partial charge in [-0.05, 0) is 74.5 Å². The highest BCUT2D eigenvalue weighted by Crippen LogP contribution is 2.81. The molecule has 3 N–H and O–H groups in total. The zero-order valence-corrected chi connectivity index (χ0v) is 16.8. The minimum atomic E-state index is -1.23. The monoisotopic (exact) mass is 368 g/mol. The maximum absolute atomic E-state index is 10.4. The molecule has 3 saturated carbocycles. The highest BCUT2D eigenvalue weighted by Gasteiger charge is 2.79. The fourth-order valence-electron chi connectivity index (χ4n) is 7.05. The van der Waals surface area contributed by atoms with Gasteiger partial charge in [-0.3, -0.25) is 0 Å². The molecule has 150 valence electrons. The van der Waals surface area contributed by atoms with Crippen LogP contribution in [0.5, 0.6) is 0 Å². The van der Waals surface area contributed by atoms with E-state index in [2.05, 4.69) is 27.7 Å². The molecule has 11 atom stereocenters. The second kappa shape index (κ2) is 6.15. The van der Waals surface area contributed by atoms with E-state index in [1.54, 1.807) is 6.92 Å². The molecule has 1 heterocycles. The van der Waals surface area contributed by atoms with Crippen molar-refractivity contribution in [2.75, 3.05) is 0 Å². The normalized spacial score (nSPS) is 59.2. The second-order valence-corrected chi connectivity index (χ2v) is 10.1. The Morgan fingerprint density at radius 3 is 2.35 bits per heavy atom. The van der Waals surface area contributed by atoms with Gasteiger partial charge in [-0.15, -0.1) is 0 Å². The number of rotatable bonds is 3. The Morgan fingerprint density at radius 1 is 1.00 bits per heavy atom. The van der Waals surface area contributed by atoms with Crippen molar-refractivity contribution in [3.8, 4) is 0 Å². The van der Waals surface area contributed by atoms with Crippen molar-refractivity contribution >= 4 is 0 Å². The van der Waals surface area contributed by atoms with Crippen molar-refractivity contribution in [2.24, 2.45) is 35.0 Å². The van der Waals surface area contributed by atoms with Crippen LogP contribution in [0.1, 0.15) is 60.3 Å². The number of ether oxygens (including phenoxy) is 2. The van der Waals surface area contributed by atoms with Crippen LogP contribution in [0.2, 0.25) is 0 Å². The minimum absolute atomic E-state index is 0.330. The van der Waals surface area contributed by atoms with Crippen LogP contribution in [0.4, 0.5) is 0 Å². The van der Waals surface area contributed by atoms with Gasteiger partial charge in [0.15, 0.2) is 6.29 Å². The van der Waals surface area contributed by atoms with Crippen LogP contribution in [0.3, 0.4) is 0 Å². The molecule has 26 heavy (non-hydrogen) atoms. The number of hydrogen-bond donors (Lipinski definition) is 3. The van der Waals surface area contributed by atoms with Gasteiger partial charge in [-0.25, -0.2) is 0 Å². The van der Waals surface area contributed by atoms with Gasteiger partial charge in [0, 0.05) is 0 Å². The fraction of sp³-hybridized carbons (Fsp3) is 1.00. The molecule has 4 rings (SSSR count). The van der Waals surface area contributed by atoms with E-state index in [1.165, 1.54) is 19.3 Å². The van der Waals surface area contributed by atoms with E-state index in [0.717, 1.165) is 18.3 Å². The highest BCUT2D eigenvalue weighted by atomic mass is 16.7. The van der Waals surface area contributed by atoms with Gasteiger partial charge in [-0.1, -0.05) is 20.8 Å². The van der Waals surface area contributed by atoms with E-state index in [4.69, 9.17) is 9.47 Å². The molecule has 0 bridgehead atoms. The van der Waals surface area contributed by atoms with Crippen LogP contribution in [0.25, 0.3) is 0 Å². The predicted octanol–water partition coefficient (Wildman–Crippen LogP) is 2.32. The van der Waals surface area contributed by atoms with Gasteiger partial charge < -0.3 is 24.8 Å². The standard InChI is InChI=1S/C21H36O5/c1-10(2)13-7-6-11(3)21-9-8-20(5,18(21)14(13)21)26-19-17(24)16(23)15(22)12(4)25-19/h10-19,22-24H,6-9H2,1-5H3/t11-,12-,13+,14-,15+,16+,17-,18+,19+,20-,21-/m1/s1. The van der Waals surface area contributed by atoms with Crippen molar-refractivity contribution < 1.29 is 24.8 Å². The van der Waals surface area contributed by atoms with Crippen LogP contribution in [0.15, 0.2) is 0 Å². The van der Waals surface area contributed by atoms with Gasteiger partial charge in [-0.2, -0.15) is 0 Å². The first kappa shape index (κ1) is 19.1. The minimum Gasteiger partial charge on any atom is -0.388 e. The average Bonchev–Trinajstić information content (AvgIpc) is 3.19. The van der Waals surface area contributed by atoms with E-state index in [-0.39, 0.29) is 5.60 Å². The van der Waals surface area contributed by atoms with Crippen LogP contribution < -0.4 is 0 Å². The summed E-state index contributed by atoms with van der Waals surface area (Å²) >= 11 is 0. The maximum Gasteiger partial charge on any atom is 0.187 e. The van der Waals surface area contributed by atoms with E-state index in [1.807, 2.05) is 0 Å². The molecular formula is C21H36O5. The van der Waals surface area contributed by atoms with Gasteiger partial charge in [0.2, 0.25) is 0 Å². The van der Waals surface area contributed by atoms with Crippen molar-refractivity contribution in [1.82, 2.24) is 0 Å². The quantitative estimate of drug-likeness (QED) is 0.666. The summed E-state index contributed by atoms with van der Waals surface area (Å²) in [4.78, 5) is 0. The lowest BCUT2D eigenvalue weighted by molar-refractivity contribution is -0.321. The molecule has 1 spiro atoms. The molecule has 1 saturated heterocycles. The number of fused-ring (bicyclic) bond motifs is 1. The lowest BCUT2D eigenvalue weighted by Gasteiger charge is -2.43. The molecule has 0 aromatic rings. The van der Waals surface area contributed by atoms with Crippen molar-refractivity contribution in [1.29, 1.82) is 0 Å². The molecule has 0 aromatic carbocycles. The summed E-state index contributed by atoms with van der Waals surface area (Å²) in [5.74, 6) is 3.38. The first-order valence-electron chi connectivity index (χ1n) is 10.5. The summed E-state index contributed by atoms with van der Waals surface area (Å²) in [5, 5.41) is 30.4. The number of hydrogen-bond acceptors (Lipinski definition) is 5. The molecule has 0 unspecified atom stereocenters. The van der Waals surface area contributed by atoms with Gasteiger partial charge in [0.1, 0.15) is 18.3 Å². The Labute approximate surface area is 157 Å². The summed E-state index contributed by atoms with van der Waals surface area (Å²) < 4.78 is 12.2. The summed E-state index contributed by atoms with van der Waals surface area (Å²) in [7, 11) is 0. The Hall–Kier alpha value is -0.200. The molecule has 4 aliphatic rings. The molecule has 0 aromatic heterocycles. The zero-order chi connectivity index (χ0) is 19.0. The van der Waals surface area contributed by atoms with Crippen LogP contribution in [0, 0.1) is 35.0 Å². The number of aliphatic hydroxyl groups is 3. The molecular weight excluding hydrogens is 332 g/mol. The molecule has 5 heteroatoms. The zero-order valence-electron chi connectivity index (χ0n) is 16.8. The number of aliphatic hydroxyl groups excluding tert-OH is 3. The van der Waals surface area contributed by atoms with Gasteiger partial charge in [0.05, 0.1) is 11.7 Å². The highest BCUT2D eigenvalue weighted by molar-refractivity contribution is 5.26. The first-order valence-corrected chi connectivity index (χ1v) is 10.5. The Kier molecular flexibility index (Phi) is 4.52. The van der Waals surface area contributed by atoms with E-state index in [9.17, 15) is 15.3 Å². The molecule has 0 radical (unpaired) electrons. The Morgan fingerprint density at radius 2 is 1.69 bits per heavy atom. The largest absolute Gasteiger partial charge is 0.388 e. The van der Waals surface area contributed by atoms with Gasteiger partial charge >= 0.3 is 0 Å². The molecule has 0 amide bonds. The average molecular weight is 369 g/mol. The SMILES string of the molecule is CC(C)[C@@H]1CC[C@@H](C)[C@@]23CC[C@@](C)(O[C@@H]4O[C@H](C)[C@H](O)[C@H](O)[C@H]4O)[C@@H]2[C@@H]13.